The predicted molar refractivity (Wildman–Crippen MR) is 115 cm³/mol. The number of carbonyl (C=O) groups is 2. The van der Waals surface area contributed by atoms with Gasteiger partial charge < -0.3 is 15.1 Å². The largest absolute Gasteiger partial charge is 0.443 e. The van der Waals surface area contributed by atoms with Crippen LogP contribution >= 0.6 is 0 Å². The molecule has 1 aliphatic carbocycles. The molecule has 1 atom stereocenters. The Morgan fingerprint density at radius 3 is 2.50 bits per heavy atom. The van der Waals surface area contributed by atoms with Gasteiger partial charge in [0.25, 0.3) is 5.91 Å². The van der Waals surface area contributed by atoms with Crippen LogP contribution in [0.25, 0.3) is 0 Å². The third kappa shape index (κ3) is 4.71. The number of anilines is 1. The molecule has 0 bridgehead atoms. The van der Waals surface area contributed by atoms with Crippen LogP contribution in [0.4, 0.5) is 5.69 Å². The van der Waals surface area contributed by atoms with Gasteiger partial charge in [-0.1, -0.05) is 40.0 Å². The van der Waals surface area contributed by atoms with Crippen molar-refractivity contribution in [3.05, 3.63) is 41.4 Å². The van der Waals surface area contributed by atoms with Crippen molar-refractivity contribution in [1.29, 1.82) is 0 Å². The first-order valence-electron chi connectivity index (χ1n) is 10.7. The van der Waals surface area contributed by atoms with E-state index in [0.717, 1.165) is 31.2 Å². The Kier molecular flexibility index (Phi) is 6.58. The van der Waals surface area contributed by atoms with Gasteiger partial charge >= 0.3 is 0 Å². The first-order valence-corrected chi connectivity index (χ1v) is 10.7. The minimum atomic E-state index is -0.392. The molecule has 0 aliphatic heterocycles. The van der Waals surface area contributed by atoms with Crippen LogP contribution in [0.2, 0.25) is 0 Å². The van der Waals surface area contributed by atoms with Gasteiger partial charge in [-0.25, -0.2) is 4.98 Å². The van der Waals surface area contributed by atoms with Gasteiger partial charge in [0.15, 0.2) is 5.69 Å². The summed E-state index contributed by atoms with van der Waals surface area (Å²) < 4.78 is 5.85. The minimum absolute atomic E-state index is 0.0359. The van der Waals surface area contributed by atoms with Gasteiger partial charge in [-0.2, -0.15) is 0 Å². The van der Waals surface area contributed by atoms with Crippen molar-refractivity contribution in [2.24, 2.45) is 11.3 Å². The fraction of sp³-hybridized carbons (Fsp3) is 0.565. The summed E-state index contributed by atoms with van der Waals surface area (Å²) in [5.74, 6) is 0.534. The third-order valence-electron chi connectivity index (χ3n) is 6.04. The monoisotopic (exact) mass is 412 g/mol. The van der Waals surface area contributed by atoms with E-state index in [-0.39, 0.29) is 28.8 Å². The molecule has 162 valence electrons. The minimum Gasteiger partial charge on any atom is -0.443 e. The summed E-state index contributed by atoms with van der Waals surface area (Å²) in [4.78, 5) is 34.3. The van der Waals surface area contributed by atoms with Crippen LogP contribution in [-0.4, -0.2) is 21.8 Å². The van der Waals surface area contributed by atoms with Crippen LogP contribution < -0.4 is 10.6 Å². The highest BCUT2D eigenvalue weighted by Gasteiger charge is 2.37. The Bertz CT molecular complexity index is 913. The quantitative estimate of drug-likeness (QED) is 0.715. The molecule has 0 unspecified atom stereocenters. The van der Waals surface area contributed by atoms with Crippen molar-refractivity contribution in [2.75, 3.05) is 5.32 Å². The summed E-state index contributed by atoms with van der Waals surface area (Å²) in [7, 11) is 0. The van der Waals surface area contributed by atoms with Gasteiger partial charge in [0.2, 0.25) is 11.8 Å². The fourth-order valence-electron chi connectivity index (χ4n) is 3.93. The van der Waals surface area contributed by atoms with Crippen molar-refractivity contribution < 1.29 is 14.0 Å². The van der Waals surface area contributed by atoms with E-state index in [0.29, 0.717) is 17.3 Å². The van der Waals surface area contributed by atoms with Crippen LogP contribution in [0.15, 0.2) is 22.9 Å². The maximum Gasteiger partial charge on any atom is 0.277 e. The van der Waals surface area contributed by atoms with Crippen LogP contribution in [0.1, 0.15) is 86.6 Å². The molecule has 30 heavy (non-hydrogen) atoms. The number of amides is 2. The zero-order valence-electron chi connectivity index (χ0n) is 18.5. The summed E-state index contributed by atoms with van der Waals surface area (Å²) in [5.41, 5.74) is 1.40. The number of oxazole rings is 1. The molecule has 0 spiro atoms. The predicted octanol–water partition coefficient (Wildman–Crippen LogP) is 4.72. The summed E-state index contributed by atoms with van der Waals surface area (Å²) in [6, 6.07) is 1.43. The van der Waals surface area contributed by atoms with Crippen molar-refractivity contribution >= 4 is 17.5 Å². The SMILES string of the molecule is Cc1ccncc1NC(=O)c1nc([C@H](NC(=O)C2(C)CCCCC2)C(C)C)oc1C. The smallest absolute Gasteiger partial charge is 0.277 e. The average molecular weight is 413 g/mol. The number of hydrogen-bond donors (Lipinski definition) is 2. The number of carbonyl (C=O) groups excluding carboxylic acids is 2. The maximum absolute atomic E-state index is 13.0. The summed E-state index contributed by atoms with van der Waals surface area (Å²) in [6.45, 7) is 9.66. The molecule has 7 heteroatoms. The van der Waals surface area contributed by atoms with E-state index in [4.69, 9.17) is 4.42 Å². The molecule has 3 rings (SSSR count). The van der Waals surface area contributed by atoms with Crippen molar-refractivity contribution in [3.8, 4) is 0 Å². The van der Waals surface area contributed by atoms with Gasteiger partial charge in [0.1, 0.15) is 11.8 Å². The molecule has 7 nitrogen and oxygen atoms in total. The molecule has 0 aromatic carbocycles. The molecule has 2 aromatic heterocycles. The number of hydrogen-bond acceptors (Lipinski definition) is 5. The number of aromatic nitrogens is 2. The zero-order valence-corrected chi connectivity index (χ0v) is 18.5. The van der Waals surface area contributed by atoms with Crippen LogP contribution in [0.5, 0.6) is 0 Å². The standard InChI is InChI=1S/C23H32N4O3/c1-14(2)18(27-22(29)23(5)10-7-6-8-11-23)21-26-19(16(4)30-21)20(28)25-17-13-24-12-9-15(17)3/h9,12-14,18H,6-8,10-11H2,1-5H3,(H,25,28)(H,27,29)/t18-/m1/s1. The Morgan fingerprint density at radius 2 is 1.87 bits per heavy atom. The second kappa shape index (κ2) is 8.98. The molecule has 1 aliphatic rings. The first kappa shape index (κ1) is 22.0. The van der Waals surface area contributed by atoms with E-state index in [9.17, 15) is 9.59 Å². The van der Waals surface area contributed by atoms with E-state index < -0.39 is 6.04 Å². The highest BCUT2D eigenvalue weighted by molar-refractivity contribution is 6.03. The van der Waals surface area contributed by atoms with E-state index in [1.54, 1.807) is 19.3 Å². The molecule has 1 fully saturated rings. The lowest BCUT2D eigenvalue weighted by Crippen LogP contribution is -2.43. The molecular weight excluding hydrogens is 380 g/mol. The Balaban J connectivity index is 1.79. The van der Waals surface area contributed by atoms with Crippen molar-refractivity contribution in [1.82, 2.24) is 15.3 Å². The summed E-state index contributed by atoms with van der Waals surface area (Å²) >= 11 is 0. The number of nitrogens with one attached hydrogen (secondary N) is 2. The normalized spacial score (nSPS) is 16.9. The van der Waals surface area contributed by atoms with E-state index in [2.05, 4.69) is 20.6 Å². The number of aryl methyl sites for hydroxylation is 2. The Morgan fingerprint density at radius 1 is 1.17 bits per heavy atom. The van der Waals surface area contributed by atoms with Crippen molar-refractivity contribution in [3.63, 3.8) is 0 Å². The highest BCUT2D eigenvalue weighted by Crippen LogP contribution is 2.37. The van der Waals surface area contributed by atoms with Gasteiger partial charge in [-0.3, -0.25) is 14.6 Å². The first-order chi connectivity index (χ1) is 14.2. The fourth-order valence-corrected chi connectivity index (χ4v) is 3.93. The molecule has 1 saturated carbocycles. The number of pyridine rings is 1. The van der Waals surface area contributed by atoms with Gasteiger partial charge in [-0.15, -0.1) is 0 Å². The Hall–Kier alpha value is -2.70. The molecular formula is C23H32N4O3. The summed E-state index contributed by atoms with van der Waals surface area (Å²) in [6.07, 6.45) is 8.40. The van der Waals surface area contributed by atoms with Crippen LogP contribution in [-0.2, 0) is 4.79 Å². The molecule has 0 radical (unpaired) electrons. The van der Waals surface area contributed by atoms with Crippen LogP contribution in [0.3, 0.4) is 0 Å². The second-order valence-corrected chi connectivity index (χ2v) is 8.92. The topological polar surface area (TPSA) is 97.1 Å². The summed E-state index contributed by atoms with van der Waals surface area (Å²) in [5, 5.41) is 5.98. The maximum atomic E-state index is 13.0. The lowest BCUT2D eigenvalue weighted by molar-refractivity contribution is -0.133. The molecule has 2 heterocycles. The van der Waals surface area contributed by atoms with Gasteiger partial charge in [-0.05, 0) is 44.2 Å². The highest BCUT2D eigenvalue weighted by atomic mass is 16.4. The molecule has 0 saturated heterocycles. The van der Waals surface area contributed by atoms with Crippen molar-refractivity contribution in [2.45, 2.75) is 72.8 Å². The number of nitrogens with zero attached hydrogens (tertiary/aromatic N) is 2. The lowest BCUT2D eigenvalue weighted by Gasteiger charge is -2.34. The average Bonchev–Trinajstić information content (AvgIpc) is 3.09. The van der Waals surface area contributed by atoms with Gasteiger partial charge in [0, 0.05) is 11.6 Å². The van der Waals surface area contributed by atoms with E-state index in [1.807, 2.05) is 33.8 Å². The lowest BCUT2D eigenvalue weighted by atomic mass is 9.75. The molecule has 2 N–H and O–H groups in total. The second-order valence-electron chi connectivity index (χ2n) is 8.92. The third-order valence-corrected chi connectivity index (χ3v) is 6.04. The zero-order chi connectivity index (χ0) is 21.9. The molecule has 2 amide bonds. The van der Waals surface area contributed by atoms with Crippen LogP contribution in [0, 0.1) is 25.2 Å². The Labute approximate surface area is 178 Å². The van der Waals surface area contributed by atoms with E-state index in [1.165, 1.54) is 6.42 Å². The van der Waals surface area contributed by atoms with E-state index >= 15 is 0 Å². The van der Waals surface area contributed by atoms with Gasteiger partial charge in [0.05, 0.1) is 11.9 Å². The molecule has 2 aromatic rings. The number of rotatable bonds is 6.